The van der Waals surface area contributed by atoms with Crippen LogP contribution >= 0.6 is 11.6 Å². The molecule has 0 amide bonds. The Balaban J connectivity index is 1.76. The summed E-state index contributed by atoms with van der Waals surface area (Å²) in [4.78, 5) is 16.7. The molecule has 1 heterocycles. The zero-order valence-corrected chi connectivity index (χ0v) is 17.3. The van der Waals surface area contributed by atoms with Crippen LogP contribution in [0.1, 0.15) is 30.0 Å². The molecule has 0 bridgehead atoms. The Bertz CT molecular complexity index is 1010. The minimum atomic E-state index is -0.446. The first-order valence-electron chi connectivity index (χ1n) is 9.21. The van der Waals surface area contributed by atoms with Crippen molar-refractivity contribution in [2.45, 2.75) is 13.8 Å². The van der Waals surface area contributed by atoms with E-state index in [1.165, 1.54) is 0 Å². The van der Waals surface area contributed by atoms with Gasteiger partial charge in [0, 0.05) is 5.56 Å². The Labute approximate surface area is 174 Å². The fourth-order valence-corrected chi connectivity index (χ4v) is 2.73. The molecule has 0 radical (unpaired) electrons. The quantitative estimate of drug-likeness (QED) is 0.344. The molecule has 0 aliphatic carbocycles. The van der Waals surface area contributed by atoms with E-state index in [0.29, 0.717) is 28.7 Å². The summed E-state index contributed by atoms with van der Waals surface area (Å²) in [6.07, 6.45) is 1.64. The highest BCUT2D eigenvalue weighted by atomic mass is 35.5. The van der Waals surface area contributed by atoms with Crippen LogP contribution in [-0.2, 0) is 4.74 Å². The van der Waals surface area contributed by atoms with E-state index in [1.807, 2.05) is 50.2 Å². The van der Waals surface area contributed by atoms with Crippen LogP contribution in [0.4, 0.5) is 5.69 Å². The van der Waals surface area contributed by atoms with E-state index in [9.17, 15) is 4.79 Å². The first kappa shape index (κ1) is 20.7. The van der Waals surface area contributed by atoms with Gasteiger partial charge in [0.2, 0.25) is 0 Å². The molecule has 0 aliphatic heterocycles. The summed E-state index contributed by atoms with van der Waals surface area (Å²) in [5.41, 5.74) is 1.83. The molecule has 0 spiro atoms. The van der Waals surface area contributed by atoms with E-state index in [1.54, 1.807) is 31.5 Å². The van der Waals surface area contributed by atoms with Gasteiger partial charge < -0.3 is 13.9 Å². The second-order valence-corrected chi connectivity index (χ2v) is 7.25. The number of halogens is 1. The summed E-state index contributed by atoms with van der Waals surface area (Å²) in [6.45, 7) is 4.29. The van der Waals surface area contributed by atoms with Gasteiger partial charge in [-0.1, -0.05) is 25.4 Å². The summed E-state index contributed by atoms with van der Waals surface area (Å²) < 4.78 is 16.3. The first-order valence-corrected chi connectivity index (χ1v) is 9.59. The van der Waals surface area contributed by atoms with Crippen molar-refractivity contribution >= 4 is 29.5 Å². The molecule has 0 N–H and O–H groups in total. The molecule has 3 rings (SSSR count). The van der Waals surface area contributed by atoms with Crippen LogP contribution in [0.2, 0.25) is 5.02 Å². The average Bonchev–Trinajstić information content (AvgIpc) is 3.20. The molecular weight excluding hydrogens is 390 g/mol. The van der Waals surface area contributed by atoms with E-state index in [4.69, 9.17) is 25.5 Å². The number of ether oxygens (including phenoxy) is 2. The topological polar surface area (TPSA) is 61.0 Å². The highest BCUT2D eigenvalue weighted by Crippen LogP contribution is 2.27. The lowest BCUT2D eigenvalue weighted by Crippen LogP contribution is -2.10. The predicted octanol–water partition coefficient (Wildman–Crippen LogP) is 6.17. The molecule has 0 saturated carbocycles. The van der Waals surface area contributed by atoms with Gasteiger partial charge in [-0.3, -0.25) is 4.99 Å². The number of hydrogen-bond donors (Lipinski definition) is 0. The third-order valence-electron chi connectivity index (χ3n) is 4.06. The third-order valence-corrected chi connectivity index (χ3v) is 4.39. The van der Waals surface area contributed by atoms with E-state index in [0.717, 1.165) is 17.0 Å². The van der Waals surface area contributed by atoms with Gasteiger partial charge in [-0.15, -0.1) is 0 Å². The van der Waals surface area contributed by atoms with Gasteiger partial charge in [0.15, 0.2) is 0 Å². The van der Waals surface area contributed by atoms with Gasteiger partial charge in [-0.05, 0) is 60.5 Å². The maximum absolute atomic E-state index is 12.3. The molecule has 0 saturated heterocycles. The van der Waals surface area contributed by atoms with Gasteiger partial charge in [0.05, 0.1) is 36.2 Å². The van der Waals surface area contributed by atoms with Crippen molar-refractivity contribution in [1.82, 2.24) is 0 Å². The fraction of sp³-hybridized carbons (Fsp3) is 0.217. The summed E-state index contributed by atoms with van der Waals surface area (Å²) >= 11 is 6.18. The Kier molecular flexibility index (Phi) is 6.73. The van der Waals surface area contributed by atoms with Crippen molar-refractivity contribution < 1.29 is 18.7 Å². The normalized spacial score (nSPS) is 11.2. The van der Waals surface area contributed by atoms with E-state index in [2.05, 4.69) is 4.99 Å². The van der Waals surface area contributed by atoms with Crippen molar-refractivity contribution in [3.63, 3.8) is 0 Å². The average molecular weight is 412 g/mol. The molecule has 1 aromatic heterocycles. The maximum Gasteiger partial charge on any atom is 0.339 e. The minimum Gasteiger partial charge on any atom is -0.497 e. The van der Waals surface area contributed by atoms with Crippen LogP contribution in [0.5, 0.6) is 5.75 Å². The molecule has 0 fully saturated rings. The largest absolute Gasteiger partial charge is 0.497 e. The Hall–Kier alpha value is -3.05. The smallest absolute Gasteiger partial charge is 0.339 e. The lowest BCUT2D eigenvalue weighted by molar-refractivity contribution is 0.0459. The highest BCUT2D eigenvalue weighted by Gasteiger charge is 2.15. The molecule has 0 aliphatic rings. The van der Waals surface area contributed by atoms with Gasteiger partial charge in [0.1, 0.15) is 17.3 Å². The number of carbonyl (C=O) groups excluding carboxylic acids is 1. The van der Waals surface area contributed by atoms with Crippen molar-refractivity contribution in [1.29, 1.82) is 0 Å². The van der Waals surface area contributed by atoms with Gasteiger partial charge in [-0.25, -0.2) is 4.79 Å². The van der Waals surface area contributed by atoms with Gasteiger partial charge in [0.25, 0.3) is 0 Å². The second kappa shape index (κ2) is 9.43. The standard InChI is InChI=1S/C23H22ClNO4/c1-15(2)14-28-23(26)20-12-16(4-10-21(20)24)22-11-9-19(29-22)13-25-17-5-7-18(27-3)8-6-17/h4-13,15H,14H2,1-3H3. The van der Waals surface area contributed by atoms with E-state index in [-0.39, 0.29) is 5.92 Å². The number of carbonyl (C=O) groups is 1. The second-order valence-electron chi connectivity index (χ2n) is 6.85. The molecule has 29 heavy (non-hydrogen) atoms. The lowest BCUT2D eigenvalue weighted by Gasteiger charge is -2.09. The van der Waals surface area contributed by atoms with Crippen molar-refractivity contribution in [2.75, 3.05) is 13.7 Å². The molecule has 3 aromatic rings. The molecule has 150 valence electrons. The number of nitrogens with zero attached hydrogens (tertiary/aromatic N) is 1. The van der Waals surface area contributed by atoms with Crippen LogP contribution in [0, 0.1) is 5.92 Å². The molecular formula is C23H22ClNO4. The fourth-order valence-electron chi connectivity index (χ4n) is 2.54. The van der Waals surface area contributed by atoms with Crippen molar-refractivity contribution in [3.05, 3.63) is 70.9 Å². The number of esters is 1. The highest BCUT2D eigenvalue weighted by molar-refractivity contribution is 6.33. The van der Waals surface area contributed by atoms with Crippen LogP contribution < -0.4 is 4.74 Å². The Morgan fingerprint density at radius 2 is 1.90 bits per heavy atom. The Morgan fingerprint density at radius 1 is 1.14 bits per heavy atom. The van der Waals surface area contributed by atoms with Crippen LogP contribution in [0.15, 0.2) is 64.0 Å². The number of furan rings is 1. The molecule has 0 unspecified atom stereocenters. The maximum atomic E-state index is 12.3. The van der Waals surface area contributed by atoms with E-state index >= 15 is 0 Å². The molecule has 0 atom stereocenters. The summed E-state index contributed by atoms with van der Waals surface area (Å²) in [7, 11) is 1.62. The van der Waals surface area contributed by atoms with Crippen LogP contribution in [0.3, 0.4) is 0 Å². The first-order chi connectivity index (χ1) is 14.0. The summed E-state index contributed by atoms with van der Waals surface area (Å²) in [6, 6.07) is 16.2. The monoisotopic (exact) mass is 411 g/mol. The molecule has 2 aromatic carbocycles. The van der Waals surface area contributed by atoms with Gasteiger partial charge >= 0.3 is 5.97 Å². The number of hydrogen-bond acceptors (Lipinski definition) is 5. The summed E-state index contributed by atoms with van der Waals surface area (Å²) in [5, 5.41) is 0.343. The van der Waals surface area contributed by atoms with Crippen molar-refractivity contribution in [2.24, 2.45) is 10.9 Å². The molecule has 5 nitrogen and oxygen atoms in total. The van der Waals surface area contributed by atoms with E-state index < -0.39 is 5.97 Å². The van der Waals surface area contributed by atoms with Crippen molar-refractivity contribution in [3.8, 4) is 17.1 Å². The predicted molar refractivity (Wildman–Crippen MR) is 115 cm³/mol. The lowest BCUT2D eigenvalue weighted by atomic mass is 10.1. The SMILES string of the molecule is COc1ccc(N=Cc2ccc(-c3ccc(Cl)c(C(=O)OCC(C)C)c3)o2)cc1. The zero-order chi connectivity index (χ0) is 20.8. The van der Waals surface area contributed by atoms with Crippen LogP contribution in [-0.4, -0.2) is 25.9 Å². The van der Waals surface area contributed by atoms with Gasteiger partial charge in [-0.2, -0.15) is 0 Å². The minimum absolute atomic E-state index is 0.249. The number of methoxy groups -OCH3 is 1. The number of aliphatic imine (C=N–C) groups is 1. The zero-order valence-electron chi connectivity index (χ0n) is 16.5. The van der Waals surface area contributed by atoms with Crippen LogP contribution in [0.25, 0.3) is 11.3 Å². The number of rotatable bonds is 7. The molecule has 6 heteroatoms. The third kappa shape index (κ3) is 5.48. The Morgan fingerprint density at radius 3 is 2.59 bits per heavy atom. The summed E-state index contributed by atoms with van der Waals surface area (Å²) in [5.74, 6) is 1.78. The number of benzene rings is 2.